The molecule has 2 heterocycles. The summed E-state index contributed by atoms with van der Waals surface area (Å²) >= 11 is 1.62. The Labute approximate surface area is 127 Å². The van der Waals surface area contributed by atoms with Gasteiger partial charge in [-0.3, -0.25) is 0 Å². The van der Waals surface area contributed by atoms with E-state index in [0.717, 1.165) is 40.5 Å². The van der Waals surface area contributed by atoms with Crippen LogP contribution in [0.2, 0.25) is 0 Å². The van der Waals surface area contributed by atoms with Crippen LogP contribution in [0, 0.1) is 6.92 Å². The predicted molar refractivity (Wildman–Crippen MR) is 81.9 cm³/mol. The van der Waals surface area contributed by atoms with Gasteiger partial charge >= 0.3 is 0 Å². The second-order valence-corrected chi connectivity index (χ2v) is 5.67. The van der Waals surface area contributed by atoms with Crippen LogP contribution in [-0.4, -0.2) is 30.2 Å². The number of tetrazole rings is 1. The molecular formula is C14H16N6S. The van der Waals surface area contributed by atoms with Crippen LogP contribution in [-0.2, 0) is 12.3 Å². The minimum atomic E-state index is 0.695. The van der Waals surface area contributed by atoms with Crippen LogP contribution in [0.1, 0.15) is 24.9 Å². The van der Waals surface area contributed by atoms with Gasteiger partial charge in [-0.15, -0.1) is 5.10 Å². The van der Waals surface area contributed by atoms with Gasteiger partial charge in [-0.25, -0.2) is 14.6 Å². The van der Waals surface area contributed by atoms with Crippen LogP contribution in [0.25, 0.3) is 11.0 Å². The van der Waals surface area contributed by atoms with E-state index >= 15 is 0 Å². The normalized spacial score (nSPS) is 11.1. The number of fused-ring (bicyclic) bond motifs is 1. The SMILES string of the molecule is CCCn1nnnc1CSc1nc2ccccc2nc1C. The van der Waals surface area contributed by atoms with Crippen molar-refractivity contribution < 1.29 is 0 Å². The van der Waals surface area contributed by atoms with E-state index in [1.165, 1.54) is 0 Å². The number of hydrogen-bond donors (Lipinski definition) is 0. The predicted octanol–water partition coefficient (Wildman–Crippen LogP) is 2.63. The molecule has 0 bridgehead atoms. The standard InChI is InChI=1S/C14H16N6S/c1-3-8-20-13(17-18-19-20)9-21-14-10(2)15-11-6-4-5-7-12(11)16-14/h4-7H,3,8-9H2,1-2H3. The Kier molecular flexibility index (Phi) is 4.10. The van der Waals surface area contributed by atoms with Crippen molar-refractivity contribution >= 4 is 22.8 Å². The zero-order chi connectivity index (χ0) is 14.7. The van der Waals surface area contributed by atoms with Crippen molar-refractivity contribution in [1.82, 2.24) is 30.2 Å². The highest BCUT2D eigenvalue weighted by atomic mass is 32.2. The quantitative estimate of drug-likeness (QED) is 0.675. The van der Waals surface area contributed by atoms with E-state index in [-0.39, 0.29) is 0 Å². The zero-order valence-corrected chi connectivity index (χ0v) is 12.8. The summed E-state index contributed by atoms with van der Waals surface area (Å²) in [4.78, 5) is 9.26. The fourth-order valence-electron chi connectivity index (χ4n) is 2.05. The topological polar surface area (TPSA) is 69.4 Å². The monoisotopic (exact) mass is 300 g/mol. The molecule has 3 aromatic rings. The maximum Gasteiger partial charge on any atom is 0.161 e. The van der Waals surface area contributed by atoms with Gasteiger partial charge < -0.3 is 0 Å². The van der Waals surface area contributed by atoms with Gasteiger partial charge in [-0.1, -0.05) is 30.8 Å². The first-order valence-electron chi connectivity index (χ1n) is 6.89. The fourth-order valence-corrected chi connectivity index (χ4v) is 2.94. The molecule has 108 valence electrons. The van der Waals surface area contributed by atoms with Gasteiger partial charge in [-0.05, 0) is 35.9 Å². The molecule has 0 aliphatic rings. The molecule has 6 nitrogen and oxygen atoms in total. The molecule has 0 aliphatic carbocycles. The molecule has 0 atom stereocenters. The molecule has 0 spiro atoms. The summed E-state index contributed by atoms with van der Waals surface area (Å²) in [5.74, 6) is 1.57. The van der Waals surface area contributed by atoms with Crippen molar-refractivity contribution in [2.75, 3.05) is 0 Å². The molecular weight excluding hydrogens is 284 g/mol. The highest BCUT2D eigenvalue weighted by Crippen LogP contribution is 2.24. The van der Waals surface area contributed by atoms with Crippen molar-refractivity contribution in [3.63, 3.8) is 0 Å². The summed E-state index contributed by atoms with van der Waals surface area (Å²) in [5, 5.41) is 12.7. The van der Waals surface area contributed by atoms with E-state index in [2.05, 4.69) is 32.4 Å². The third-order valence-corrected chi connectivity index (χ3v) is 4.14. The number of aromatic nitrogens is 6. The number of rotatable bonds is 5. The van der Waals surface area contributed by atoms with Gasteiger partial charge in [0.2, 0.25) is 0 Å². The summed E-state index contributed by atoms with van der Waals surface area (Å²) in [6.07, 6.45) is 1.01. The first-order chi connectivity index (χ1) is 10.3. The molecule has 0 saturated heterocycles. The number of thioether (sulfide) groups is 1. The lowest BCUT2D eigenvalue weighted by Crippen LogP contribution is -2.04. The molecule has 0 saturated carbocycles. The van der Waals surface area contributed by atoms with Crippen LogP contribution >= 0.6 is 11.8 Å². The Balaban J connectivity index is 1.81. The van der Waals surface area contributed by atoms with Crippen molar-refractivity contribution in [2.45, 2.75) is 37.6 Å². The second-order valence-electron chi connectivity index (χ2n) is 4.71. The van der Waals surface area contributed by atoms with Gasteiger partial charge in [0.15, 0.2) is 5.82 Å². The summed E-state index contributed by atoms with van der Waals surface area (Å²) in [7, 11) is 0. The number of aryl methyl sites for hydroxylation is 2. The van der Waals surface area contributed by atoms with Crippen LogP contribution in [0.4, 0.5) is 0 Å². The largest absolute Gasteiger partial charge is 0.249 e. The van der Waals surface area contributed by atoms with E-state index < -0.39 is 0 Å². The van der Waals surface area contributed by atoms with E-state index in [1.807, 2.05) is 35.9 Å². The lowest BCUT2D eigenvalue weighted by atomic mass is 10.3. The van der Waals surface area contributed by atoms with Crippen LogP contribution < -0.4 is 0 Å². The lowest BCUT2D eigenvalue weighted by molar-refractivity contribution is 0.564. The Bertz CT molecular complexity index is 754. The number of benzene rings is 1. The maximum atomic E-state index is 4.67. The number of hydrogen-bond acceptors (Lipinski definition) is 6. The molecule has 0 amide bonds. The molecule has 2 aromatic heterocycles. The average molecular weight is 300 g/mol. The van der Waals surface area contributed by atoms with Gasteiger partial charge in [0.1, 0.15) is 5.03 Å². The third kappa shape index (κ3) is 3.02. The Morgan fingerprint density at radius 1 is 1.14 bits per heavy atom. The van der Waals surface area contributed by atoms with E-state index in [0.29, 0.717) is 5.75 Å². The molecule has 0 radical (unpaired) electrons. The smallest absolute Gasteiger partial charge is 0.161 e. The molecule has 0 N–H and O–H groups in total. The van der Waals surface area contributed by atoms with Gasteiger partial charge in [-0.2, -0.15) is 0 Å². The fraction of sp³-hybridized carbons (Fsp3) is 0.357. The van der Waals surface area contributed by atoms with Gasteiger partial charge in [0.25, 0.3) is 0 Å². The lowest BCUT2D eigenvalue weighted by Gasteiger charge is -2.06. The Morgan fingerprint density at radius 2 is 1.90 bits per heavy atom. The third-order valence-electron chi connectivity index (χ3n) is 3.08. The Morgan fingerprint density at radius 3 is 2.67 bits per heavy atom. The minimum Gasteiger partial charge on any atom is -0.249 e. The zero-order valence-electron chi connectivity index (χ0n) is 12.0. The van der Waals surface area contributed by atoms with E-state index in [1.54, 1.807) is 11.8 Å². The number of para-hydroxylation sites is 2. The van der Waals surface area contributed by atoms with Crippen molar-refractivity contribution in [1.29, 1.82) is 0 Å². The van der Waals surface area contributed by atoms with E-state index in [4.69, 9.17) is 0 Å². The van der Waals surface area contributed by atoms with Crippen molar-refractivity contribution in [3.8, 4) is 0 Å². The van der Waals surface area contributed by atoms with Crippen LogP contribution in [0.15, 0.2) is 29.3 Å². The molecule has 3 rings (SSSR count). The highest BCUT2D eigenvalue weighted by Gasteiger charge is 2.10. The summed E-state index contributed by atoms with van der Waals surface area (Å²) in [6, 6.07) is 7.91. The highest BCUT2D eigenvalue weighted by molar-refractivity contribution is 7.98. The van der Waals surface area contributed by atoms with Crippen LogP contribution in [0.3, 0.4) is 0 Å². The molecule has 0 aliphatic heterocycles. The van der Waals surface area contributed by atoms with Gasteiger partial charge in [0.05, 0.1) is 22.5 Å². The van der Waals surface area contributed by atoms with Crippen LogP contribution in [0.5, 0.6) is 0 Å². The molecule has 21 heavy (non-hydrogen) atoms. The summed E-state index contributed by atoms with van der Waals surface area (Å²) < 4.78 is 1.84. The first kappa shape index (κ1) is 13.9. The molecule has 7 heteroatoms. The Hall–Kier alpha value is -2.02. The van der Waals surface area contributed by atoms with E-state index in [9.17, 15) is 0 Å². The summed E-state index contributed by atoms with van der Waals surface area (Å²) in [5.41, 5.74) is 2.78. The van der Waals surface area contributed by atoms with Crippen molar-refractivity contribution in [2.24, 2.45) is 0 Å². The average Bonchev–Trinajstić information content (AvgIpc) is 2.93. The molecule has 1 aromatic carbocycles. The summed E-state index contributed by atoms with van der Waals surface area (Å²) in [6.45, 7) is 4.93. The molecule has 0 unspecified atom stereocenters. The maximum absolute atomic E-state index is 4.67. The minimum absolute atomic E-state index is 0.695. The number of nitrogens with zero attached hydrogens (tertiary/aromatic N) is 6. The molecule has 0 fully saturated rings. The van der Waals surface area contributed by atoms with Crippen molar-refractivity contribution in [3.05, 3.63) is 35.8 Å². The first-order valence-corrected chi connectivity index (χ1v) is 7.87. The van der Waals surface area contributed by atoms with Gasteiger partial charge in [0, 0.05) is 6.54 Å². The second kappa shape index (κ2) is 6.17.